The molecule has 0 spiro atoms. The number of anilines is 3. The van der Waals surface area contributed by atoms with E-state index in [0.29, 0.717) is 35.7 Å². The molecule has 1 aliphatic rings. The van der Waals surface area contributed by atoms with Crippen LogP contribution in [0.25, 0.3) is 11.3 Å². The Morgan fingerprint density at radius 1 is 1.12 bits per heavy atom. The molecule has 1 atom stereocenters. The number of benzene rings is 2. The van der Waals surface area contributed by atoms with Gasteiger partial charge >= 0.3 is 6.09 Å². The molecular weight excluding hydrogens is 540 g/mol. The zero-order valence-electron chi connectivity index (χ0n) is 22.9. The van der Waals surface area contributed by atoms with Gasteiger partial charge in [0.2, 0.25) is 5.95 Å². The van der Waals surface area contributed by atoms with Crippen molar-refractivity contribution in [2.45, 2.75) is 51.4 Å². The third kappa shape index (κ3) is 8.35. The Kier molecular flexibility index (Phi) is 8.87. The number of amides is 1. The van der Waals surface area contributed by atoms with Crippen LogP contribution >= 0.6 is 0 Å². The number of hydrogen-bond acceptors (Lipinski definition) is 8. The summed E-state index contributed by atoms with van der Waals surface area (Å²) in [5.41, 5.74) is 0.992. The Balaban J connectivity index is 1.69. The maximum Gasteiger partial charge on any atom is 0.442 e. The molecule has 12 heteroatoms. The van der Waals surface area contributed by atoms with E-state index in [1.54, 1.807) is 39.0 Å². The zero-order valence-corrected chi connectivity index (χ0v) is 23.7. The van der Waals surface area contributed by atoms with Crippen LogP contribution in [0.2, 0.25) is 0 Å². The van der Waals surface area contributed by atoms with E-state index in [-0.39, 0.29) is 23.1 Å². The summed E-state index contributed by atoms with van der Waals surface area (Å²) in [4.78, 5) is 20.6. The van der Waals surface area contributed by atoms with Crippen LogP contribution in [0.5, 0.6) is 5.75 Å². The molecule has 40 heavy (non-hydrogen) atoms. The van der Waals surface area contributed by atoms with Gasteiger partial charge in [-0.05, 0) is 75.9 Å². The summed E-state index contributed by atoms with van der Waals surface area (Å²) in [5.74, 6) is -0.539. The van der Waals surface area contributed by atoms with Gasteiger partial charge in [0, 0.05) is 30.1 Å². The van der Waals surface area contributed by atoms with Crippen molar-refractivity contribution in [3.8, 4) is 17.0 Å². The summed E-state index contributed by atoms with van der Waals surface area (Å²) in [6.07, 6.45) is 3.89. The molecule has 0 radical (unpaired) electrons. The van der Waals surface area contributed by atoms with Crippen LogP contribution < -0.4 is 15.4 Å². The molecule has 0 aliphatic carbocycles. The number of ether oxygens (including phenoxy) is 2. The van der Waals surface area contributed by atoms with Gasteiger partial charge in [0.25, 0.3) is 0 Å². The highest BCUT2D eigenvalue weighted by molar-refractivity contribution is 7.92. The van der Waals surface area contributed by atoms with Crippen LogP contribution in [-0.4, -0.2) is 45.3 Å². The summed E-state index contributed by atoms with van der Waals surface area (Å²) in [5, 5.41) is 6.12. The van der Waals surface area contributed by atoms with E-state index in [4.69, 9.17) is 9.47 Å². The molecule has 3 aromatic rings. The molecule has 1 amide bonds. The van der Waals surface area contributed by atoms with E-state index in [2.05, 4.69) is 25.0 Å². The Bertz CT molecular complexity index is 1520. The van der Waals surface area contributed by atoms with Crippen LogP contribution in [0.4, 0.5) is 30.9 Å². The van der Waals surface area contributed by atoms with E-state index < -0.39 is 33.1 Å². The van der Waals surface area contributed by atoms with E-state index in [1.165, 1.54) is 24.5 Å². The van der Waals surface area contributed by atoms with Gasteiger partial charge in [-0.3, -0.25) is 0 Å². The van der Waals surface area contributed by atoms with Gasteiger partial charge in [0.05, 0.1) is 34.0 Å². The third-order valence-corrected chi connectivity index (χ3v) is 7.11. The van der Waals surface area contributed by atoms with Crippen LogP contribution in [0.15, 0.2) is 47.0 Å². The lowest BCUT2D eigenvalue weighted by molar-refractivity contribution is 0.0607. The number of aromatic nitrogens is 2. The normalized spacial score (nSPS) is 15.3. The topological polar surface area (TPSA) is 115 Å². The number of carbonyl (C=O) groups excluding carboxylic acids is 1. The monoisotopic (exact) mass is 573 g/mol. The minimum atomic E-state index is -2.99. The van der Waals surface area contributed by atoms with Gasteiger partial charge in [-0.15, -0.1) is 4.36 Å². The summed E-state index contributed by atoms with van der Waals surface area (Å²) in [7, 11) is -2.99. The summed E-state index contributed by atoms with van der Waals surface area (Å²) < 4.78 is 57.3. The zero-order chi connectivity index (χ0) is 28.9. The lowest BCUT2D eigenvalue weighted by Crippen LogP contribution is -2.22. The standard InChI is InChI=1S/C28H33F2N5O4S/c1-28(2,3)39-27(36)35-40(4,37)17-18-12-20-15-21(13-18)38-11-7-5-6-10-31-24-14-19(8-9-22(24)29)25-23(30)16-32-26(33-20)34-25/h8-9,12-16,31H,5-7,10-11,17H2,1-4H3,(H,32,33,34). The predicted octanol–water partition coefficient (Wildman–Crippen LogP) is 6.67. The highest BCUT2D eigenvalue weighted by atomic mass is 32.2. The predicted molar refractivity (Wildman–Crippen MR) is 151 cm³/mol. The quantitative estimate of drug-likeness (QED) is 0.349. The summed E-state index contributed by atoms with van der Waals surface area (Å²) in [6.45, 7) is 6.07. The van der Waals surface area contributed by atoms with Gasteiger partial charge in [-0.1, -0.05) is 0 Å². The smallest absolute Gasteiger partial charge is 0.442 e. The maximum absolute atomic E-state index is 14.7. The molecule has 214 valence electrons. The van der Waals surface area contributed by atoms with Gasteiger partial charge in [0.1, 0.15) is 22.9 Å². The number of nitrogens with zero attached hydrogens (tertiary/aromatic N) is 3. The van der Waals surface area contributed by atoms with Crippen LogP contribution in [0.3, 0.4) is 0 Å². The van der Waals surface area contributed by atoms with E-state index >= 15 is 0 Å². The first-order chi connectivity index (χ1) is 18.9. The fraction of sp³-hybridized carbons (Fsp3) is 0.393. The number of hydrogen-bond donors (Lipinski definition) is 2. The van der Waals surface area contributed by atoms with Gasteiger partial charge in [-0.2, -0.15) is 0 Å². The molecule has 2 heterocycles. The first kappa shape index (κ1) is 29.2. The first-order valence-electron chi connectivity index (χ1n) is 12.9. The molecular formula is C28H33F2N5O4S. The van der Waals surface area contributed by atoms with Crippen LogP contribution in [-0.2, 0) is 20.2 Å². The SMILES string of the molecule is CC(C)(C)OC(=O)N=S(C)(=O)Cc1cc2cc(c1)OCCCCCNc1cc(ccc1F)-c1nc(ncc1F)N2. The number of rotatable bonds is 2. The largest absolute Gasteiger partial charge is 0.494 e. The molecule has 4 rings (SSSR count). The van der Waals surface area contributed by atoms with Crippen molar-refractivity contribution in [2.75, 3.05) is 30.0 Å². The minimum absolute atomic E-state index is 0.00485. The second-order valence-electron chi connectivity index (χ2n) is 10.6. The minimum Gasteiger partial charge on any atom is -0.494 e. The van der Waals surface area contributed by atoms with Gasteiger partial charge in [-0.25, -0.2) is 27.8 Å². The Morgan fingerprint density at radius 2 is 1.93 bits per heavy atom. The molecule has 2 aromatic carbocycles. The van der Waals surface area contributed by atoms with Crippen molar-refractivity contribution in [1.82, 2.24) is 9.97 Å². The fourth-order valence-corrected chi connectivity index (χ4v) is 5.27. The number of nitrogens with one attached hydrogen (secondary N) is 2. The molecule has 0 saturated heterocycles. The molecule has 1 aromatic heterocycles. The van der Waals surface area contributed by atoms with E-state index in [1.807, 2.05) is 0 Å². The van der Waals surface area contributed by atoms with Crippen molar-refractivity contribution >= 4 is 33.1 Å². The molecule has 0 saturated carbocycles. The van der Waals surface area contributed by atoms with Crippen LogP contribution in [0.1, 0.15) is 45.6 Å². The second-order valence-corrected chi connectivity index (χ2v) is 13.0. The van der Waals surface area contributed by atoms with Gasteiger partial charge in [0.15, 0.2) is 5.82 Å². The van der Waals surface area contributed by atoms with Crippen molar-refractivity contribution in [1.29, 1.82) is 0 Å². The number of halogens is 2. The Labute approximate surface area is 232 Å². The molecule has 1 unspecified atom stereocenters. The van der Waals surface area contributed by atoms with Crippen molar-refractivity contribution in [3.63, 3.8) is 0 Å². The lowest BCUT2D eigenvalue weighted by atomic mass is 10.1. The van der Waals surface area contributed by atoms with Gasteiger partial charge < -0.3 is 20.1 Å². The van der Waals surface area contributed by atoms with Crippen LogP contribution in [0, 0.1) is 11.6 Å². The van der Waals surface area contributed by atoms with Crippen molar-refractivity contribution in [2.24, 2.45) is 4.36 Å². The molecule has 1 aliphatic heterocycles. The number of fused-ring (bicyclic) bond motifs is 7. The van der Waals surface area contributed by atoms with Crippen molar-refractivity contribution in [3.05, 3.63) is 59.8 Å². The average molecular weight is 574 g/mol. The fourth-order valence-electron chi connectivity index (χ4n) is 4.06. The Hall–Kier alpha value is -3.80. The number of carbonyl (C=O) groups is 1. The van der Waals surface area contributed by atoms with E-state index in [9.17, 15) is 17.8 Å². The Morgan fingerprint density at radius 3 is 2.70 bits per heavy atom. The van der Waals surface area contributed by atoms with E-state index in [0.717, 1.165) is 25.5 Å². The lowest BCUT2D eigenvalue weighted by Gasteiger charge is -2.17. The molecule has 2 N–H and O–H groups in total. The first-order valence-corrected chi connectivity index (χ1v) is 15.0. The second kappa shape index (κ2) is 12.2. The summed E-state index contributed by atoms with van der Waals surface area (Å²) in [6, 6.07) is 9.43. The third-order valence-electron chi connectivity index (χ3n) is 5.71. The summed E-state index contributed by atoms with van der Waals surface area (Å²) >= 11 is 0. The maximum atomic E-state index is 14.7. The molecule has 6 bridgehead atoms. The van der Waals surface area contributed by atoms with Crippen molar-refractivity contribution < 1.29 is 27.3 Å². The average Bonchev–Trinajstić information content (AvgIpc) is 2.83. The molecule has 9 nitrogen and oxygen atoms in total. The molecule has 0 fully saturated rings. The highest BCUT2D eigenvalue weighted by Crippen LogP contribution is 2.29. The highest BCUT2D eigenvalue weighted by Gasteiger charge is 2.18.